The van der Waals surface area contributed by atoms with Crippen LogP contribution in [0.15, 0.2) is 18.2 Å². The molecule has 0 heterocycles. The molecule has 1 atom stereocenters. The summed E-state index contributed by atoms with van der Waals surface area (Å²) >= 11 is 0. The van der Waals surface area contributed by atoms with E-state index in [1.54, 1.807) is 0 Å². The number of alkyl halides is 2. The van der Waals surface area contributed by atoms with Gasteiger partial charge in [0.25, 0.3) is 5.92 Å². The van der Waals surface area contributed by atoms with E-state index in [0.29, 0.717) is 0 Å². The van der Waals surface area contributed by atoms with E-state index in [4.69, 9.17) is 5.11 Å². The van der Waals surface area contributed by atoms with E-state index in [9.17, 15) is 18.0 Å². The fourth-order valence-electron chi connectivity index (χ4n) is 1.61. The second kappa shape index (κ2) is 2.98. The highest BCUT2D eigenvalue weighted by Gasteiger charge is 2.58. The van der Waals surface area contributed by atoms with Crippen molar-refractivity contribution in [3.63, 3.8) is 0 Å². The van der Waals surface area contributed by atoms with Gasteiger partial charge in [0.15, 0.2) is 0 Å². The van der Waals surface area contributed by atoms with Crippen LogP contribution in [0.5, 0.6) is 0 Å². The molecule has 80 valence electrons. The Morgan fingerprint density at radius 3 is 2.53 bits per heavy atom. The first-order valence-corrected chi connectivity index (χ1v) is 4.33. The summed E-state index contributed by atoms with van der Waals surface area (Å²) in [6, 6.07) is 3.43. The Labute approximate surface area is 83.3 Å². The van der Waals surface area contributed by atoms with Crippen LogP contribution in [-0.4, -0.2) is 17.0 Å². The fraction of sp³-hybridized carbons (Fsp3) is 0.300. The van der Waals surface area contributed by atoms with Crippen LogP contribution in [0.25, 0.3) is 0 Å². The van der Waals surface area contributed by atoms with Crippen molar-refractivity contribution in [2.24, 2.45) is 0 Å². The highest BCUT2D eigenvalue weighted by molar-refractivity contribution is 5.90. The van der Waals surface area contributed by atoms with Gasteiger partial charge in [0.05, 0.1) is 11.5 Å². The van der Waals surface area contributed by atoms with Crippen LogP contribution >= 0.6 is 0 Å². The van der Waals surface area contributed by atoms with Crippen molar-refractivity contribution >= 4 is 5.97 Å². The monoisotopic (exact) mass is 216 g/mol. The molecular formula is C10H7F3O2. The Bertz CT molecular complexity index is 429. The van der Waals surface area contributed by atoms with Crippen molar-refractivity contribution in [3.8, 4) is 0 Å². The van der Waals surface area contributed by atoms with Gasteiger partial charge in [0.2, 0.25) is 0 Å². The van der Waals surface area contributed by atoms with Crippen LogP contribution in [-0.2, 0) is 0 Å². The number of carboxylic acid groups (broad SMARTS) is 1. The van der Waals surface area contributed by atoms with E-state index in [2.05, 4.69) is 0 Å². The number of hydrogen-bond acceptors (Lipinski definition) is 1. The van der Waals surface area contributed by atoms with E-state index in [1.807, 2.05) is 0 Å². The molecule has 0 saturated heterocycles. The van der Waals surface area contributed by atoms with Gasteiger partial charge in [-0.1, -0.05) is 12.1 Å². The van der Waals surface area contributed by atoms with Crippen LogP contribution < -0.4 is 0 Å². The van der Waals surface area contributed by atoms with E-state index < -0.39 is 35.6 Å². The topological polar surface area (TPSA) is 37.3 Å². The molecular weight excluding hydrogens is 209 g/mol. The zero-order chi connectivity index (χ0) is 11.2. The number of halogens is 3. The fourth-order valence-corrected chi connectivity index (χ4v) is 1.61. The summed E-state index contributed by atoms with van der Waals surface area (Å²) in [5.41, 5.74) is -0.757. The largest absolute Gasteiger partial charge is 0.478 e. The average Bonchev–Trinajstić information content (AvgIpc) is 2.74. The highest BCUT2D eigenvalue weighted by Crippen LogP contribution is 2.56. The van der Waals surface area contributed by atoms with Crippen molar-refractivity contribution in [3.05, 3.63) is 35.1 Å². The zero-order valence-electron chi connectivity index (χ0n) is 7.51. The van der Waals surface area contributed by atoms with Crippen molar-refractivity contribution in [2.75, 3.05) is 0 Å². The van der Waals surface area contributed by atoms with E-state index in [0.717, 1.165) is 6.07 Å². The van der Waals surface area contributed by atoms with Crippen molar-refractivity contribution in [1.29, 1.82) is 0 Å². The Balaban J connectivity index is 2.48. The van der Waals surface area contributed by atoms with Crippen LogP contribution in [0.1, 0.15) is 28.3 Å². The van der Waals surface area contributed by atoms with Gasteiger partial charge in [-0.15, -0.1) is 0 Å². The lowest BCUT2D eigenvalue weighted by Gasteiger charge is -2.05. The third kappa shape index (κ3) is 1.58. The van der Waals surface area contributed by atoms with Crippen molar-refractivity contribution < 1.29 is 23.1 Å². The molecule has 1 unspecified atom stereocenters. The minimum atomic E-state index is -2.89. The standard InChI is InChI=1S/C10H7F3O2/c11-7-3-1-2-5(8(7)9(14)15)6-4-10(6,12)13/h1-3,6H,4H2,(H,14,15). The van der Waals surface area contributed by atoms with Crippen LogP contribution in [0.3, 0.4) is 0 Å². The second-order valence-corrected chi connectivity index (χ2v) is 3.53. The lowest BCUT2D eigenvalue weighted by atomic mass is 10.0. The number of rotatable bonds is 2. The predicted octanol–water partition coefficient (Wildman–Crippen LogP) is 2.65. The molecule has 1 aliphatic carbocycles. The molecule has 0 amide bonds. The second-order valence-electron chi connectivity index (χ2n) is 3.53. The van der Waals surface area contributed by atoms with Gasteiger partial charge in [0, 0.05) is 6.42 Å². The molecule has 1 N–H and O–H groups in total. The quantitative estimate of drug-likeness (QED) is 0.825. The number of benzene rings is 1. The third-order valence-corrected chi connectivity index (χ3v) is 2.46. The first-order valence-electron chi connectivity index (χ1n) is 4.33. The van der Waals surface area contributed by atoms with Gasteiger partial charge in [-0.25, -0.2) is 18.0 Å². The average molecular weight is 216 g/mol. The van der Waals surface area contributed by atoms with E-state index >= 15 is 0 Å². The molecule has 0 bridgehead atoms. The molecule has 0 spiro atoms. The first-order chi connectivity index (χ1) is 6.93. The maximum atomic E-state index is 13.1. The summed E-state index contributed by atoms with van der Waals surface area (Å²) in [5, 5.41) is 8.71. The summed E-state index contributed by atoms with van der Waals surface area (Å²) in [4.78, 5) is 10.7. The number of hydrogen-bond donors (Lipinski definition) is 1. The van der Waals surface area contributed by atoms with Crippen LogP contribution in [0.4, 0.5) is 13.2 Å². The Morgan fingerprint density at radius 2 is 2.07 bits per heavy atom. The minimum absolute atomic E-state index is 0.118. The highest BCUT2D eigenvalue weighted by atomic mass is 19.3. The molecule has 0 radical (unpaired) electrons. The van der Waals surface area contributed by atoms with Gasteiger partial charge in [-0.2, -0.15) is 0 Å². The van der Waals surface area contributed by atoms with E-state index in [-0.39, 0.29) is 5.56 Å². The maximum Gasteiger partial charge on any atom is 0.338 e. The molecule has 1 aromatic rings. The maximum absolute atomic E-state index is 13.1. The molecule has 0 aromatic heterocycles. The smallest absolute Gasteiger partial charge is 0.338 e. The molecule has 1 aromatic carbocycles. The number of carbonyl (C=O) groups is 1. The summed E-state index contributed by atoms with van der Waals surface area (Å²) in [5.74, 6) is -6.52. The Hall–Kier alpha value is -1.52. The van der Waals surface area contributed by atoms with Crippen molar-refractivity contribution in [2.45, 2.75) is 18.3 Å². The molecule has 2 nitrogen and oxygen atoms in total. The van der Waals surface area contributed by atoms with Gasteiger partial charge >= 0.3 is 5.97 Å². The lowest BCUT2D eigenvalue weighted by Crippen LogP contribution is -2.07. The summed E-state index contributed by atoms with van der Waals surface area (Å²) in [6.45, 7) is 0. The summed E-state index contributed by atoms with van der Waals surface area (Å²) < 4.78 is 38.6. The zero-order valence-corrected chi connectivity index (χ0v) is 7.51. The molecule has 1 saturated carbocycles. The Morgan fingerprint density at radius 1 is 1.47 bits per heavy atom. The SMILES string of the molecule is O=C(O)c1c(F)cccc1C1CC1(F)F. The number of carboxylic acids is 1. The van der Waals surface area contributed by atoms with Gasteiger partial charge in [-0.3, -0.25) is 0 Å². The first kappa shape index (κ1) is 10.0. The van der Waals surface area contributed by atoms with Crippen LogP contribution in [0.2, 0.25) is 0 Å². The number of aromatic carboxylic acids is 1. The molecule has 2 rings (SSSR count). The van der Waals surface area contributed by atoms with Gasteiger partial charge < -0.3 is 5.11 Å². The van der Waals surface area contributed by atoms with Gasteiger partial charge in [0.1, 0.15) is 5.82 Å². The molecule has 5 heteroatoms. The molecule has 0 aliphatic heterocycles. The molecule has 1 aliphatic rings. The summed E-state index contributed by atoms with van der Waals surface area (Å²) in [6.07, 6.45) is -0.406. The third-order valence-electron chi connectivity index (χ3n) is 2.46. The molecule has 1 fully saturated rings. The van der Waals surface area contributed by atoms with Gasteiger partial charge in [-0.05, 0) is 11.6 Å². The Kier molecular flexibility index (Phi) is 1.99. The molecule has 15 heavy (non-hydrogen) atoms. The van der Waals surface area contributed by atoms with Crippen LogP contribution in [0, 0.1) is 5.82 Å². The lowest BCUT2D eigenvalue weighted by molar-refractivity contribution is 0.0689. The van der Waals surface area contributed by atoms with E-state index in [1.165, 1.54) is 12.1 Å². The summed E-state index contributed by atoms with van der Waals surface area (Å²) in [7, 11) is 0. The van der Waals surface area contributed by atoms with Crippen molar-refractivity contribution in [1.82, 2.24) is 0 Å². The normalized spacial score (nSPS) is 22.5. The predicted molar refractivity (Wildman–Crippen MR) is 45.7 cm³/mol. The minimum Gasteiger partial charge on any atom is -0.478 e.